The molecule has 0 saturated carbocycles. The summed E-state index contributed by atoms with van der Waals surface area (Å²) < 4.78 is 4.25. The number of fused-ring (bicyclic) bond motifs is 1. The molecule has 7 heteroatoms. The molecule has 0 aliphatic carbocycles. The van der Waals surface area contributed by atoms with Crippen molar-refractivity contribution < 1.29 is 4.79 Å². The Kier molecular flexibility index (Phi) is 3.74. The number of aromatic nitrogens is 4. The first-order valence-electron chi connectivity index (χ1n) is 6.98. The highest BCUT2D eigenvalue weighted by Crippen LogP contribution is 2.23. The van der Waals surface area contributed by atoms with Gasteiger partial charge >= 0.3 is 0 Å². The van der Waals surface area contributed by atoms with Crippen molar-refractivity contribution in [3.05, 3.63) is 40.1 Å². The summed E-state index contributed by atoms with van der Waals surface area (Å²) in [6.07, 6.45) is 0. The minimum Gasteiger partial charge on any atom is -0.313 e. The smallest absolute Gasteiger partial charge is 0.277 e. The Morgan fingerprint density at radius 2 is 2.09 bits per heavy atom. The Balaban J connectivity index is 1.98. The molecular weight excluding hydrogens is 346 g/mol. The molecule has 3 aromatic rings. The lowest BCUT2D eigenvalue weighted by molar-refractivity contribution is 0.101. The average molecular weight is 362 g/mol. The average Bonchev–Trinajstić information content (AvgIpc) is 2.98. The molecule has 22 heavy (non-hydrogen) atoms. The Hall–Kier alpha value is -2.15. The van der Waals surface area contributed by atoms with E-state index in [2.05, 4.69) is 31.3 Å². The molecule has 1 N–H and O–H groups in total. The number of anilines is 1. The van der Waals surface area contributed by atoms with Crippen LogP contribution in [0.3, 0.4) is 0 Å². The quantitative estimate of drug-likeness (QED) is 0.779. The number of halogens is 1. The monoisotopic (exact) mass is 361 g/mol. The number of para-hydroxylation sites is 2. The highest BCUT2D eigenvalue weighted by Gasteiger charge is 2.21. The fraction of sp³-hybridized carbons (Fsp3) is 0.267. The fourth-order valence-electron chi connectivity index (χ4n) is 2.42. The predicted molar refractivity (Wildman–Crippen MR) is 89.0 cm³/mol. The van der Waals surface area contributed by atoms with Gasteiger partial charge in [-0.2, -0.15) is 5.10 Å². The molecule has 0 aliphatic heterocycles. The van der Waals surface area contributed by atoms with E-state index in [9.17, 15) is 4.79 Å². The van der Waals surface area contributed by atoms with Crippen LogP contribution < -0.4 is 5.32 Å². The number of amides is 1. The van der Waals surface area contributed by atoms with Crippen LogP contribution in [-0.4, -0.2) is 25.2 Å². The Labute approximate surface area is 136 Å². The van der Waals surface area contributed by atoms with E-state index in [1.165, 1.54) is 0 Å². The maximum atomic E-state index is 12.6. The van der Waals surface area contributed by atoms with E-state index < -0.39 is 0 Å². The van der Waals surface area contributed by atoms with Gasteiger partial charge in [0, 0.05) is 13.6 Å². The first-order valence-corrected chi connectivity index (χ1v) is 7.78. The van der Waals surface area contributed by atoms with Crippen molar-refractivity contribution in [3.8, 4) is 0 Å². The Morgan fingerprint density at radius 1 is 1.36 bits per heavy atom. The van der Waals surface area contributed by atoms with Crippen molar-refractivity contribution in [1.82, 2.24) is 19.3 Å². The summed E-state index contributed by atoms with van der Waals surface area (Å²) in [5.41, 5.74) is 3.11. The zero-order chi connectivity index (χ0) is 15.9. The van der Waals surface area contributed by atoms with Crippen molar-refractivity contribution in [1.29, 1.82) is 0 Å². The topological polar surface area (TPSA) is 64.7 Å². The van der Waals surface area contributed by atoms with Gasteiger partial charge in [-0.3, -0.25) is 14.8 Å². The van der Waals surface area contributed by atoms with Crippen molar-refractivity contribution in [2.24, 2.45) is 7.05 Å². The highest BCUT2D eigenvalue weighted by molar-refractivity contribution is 9.10. The van der Waals surface area contributed by atoms with Gasteiger partial charge in [0.15, 0.2) is 0 Å². The molecule has 2 heterocycles. The number of carbonyl (C=O) groups excluding carboxylic acids is 1. The van der Waals surface area contributed by atoms with Crippen LogP contribution in [0.4, 0.5) is 5.95 Å². The van der Waals surface area contributed by atoms with Gasteiger partial charge in [0.25, 0.3) is 5.91 Å². The molecule has 0 bridgehead atoms. The number of benzene rings is 1. The second-order valence-electron chi connectivity index (χ2n) is 5.00. The summed E-state index contributed by atoms with van der Waals surface area (Å²) in [6, 6.07) is 7.75. The fourth-order valence-corrected chi connectivity index (χ4v) is 2.89. The summed E-state index contributed by atoms with van der Waals surface area (Å²) in [6.45, 7) is 4.44. The van der Waals surface area contributed by atoms with Gasteiger partial charge in [-0.15, -0.1) is 0 Å². The third-order valence-corrected chi connectivity index (χ3v) is 4.53. The molecule has 2 aromatic heterocycles. The number of aryl methyl sites for hydroxylation is 3. The molecule has 114 valence electrons. The lowest BCUT2D eigenvalue weighted by Crippen LogP contribution is -2.19. The lowest BCUT2D eigenvalue weighted by atomic mass is 10.3. The molecule has 6 nitrogen and oxygen atoms in total. The van der Waals surface area contributed by atoms with Gasteiger partial charge in [0.2, 0.25) is 5.95 Å². The highest BCUT2D eigenvalue weighted by atomic mass is 79.9. The van der Waals surface area contributed by atoms with Crippen LogP contribution in [0.2, 0.25) is 0 Å². The van der Waals surface area contributed by atoms with Crippen molar-refractivity contribution >= 4 is 38.8 Å². The minimum absolute atomic E-state index is 0.229. The number of nitrogens with zero attached hydrogens (tertiary/aromatic N) is 4. The first kappa shape index (κ1) is 14.8. The van der Waals surface area contributed by atoms with Crippen LogP contribution in [0.5, 0.6) is 0 Å². The van der Waals surface area contributed by atoms with Crippen LogP contribution >= 0.6 is 15.9 Å². The lowest BCUT2D eigenvalue weighted by Gasteiger charge is -2.07. The largest absolute Gasteiger partial charge is 0.313 e. The molecular formula is C15H16BrN5O. The van der Waals surface area contributed by atoms with Crippen molar-refractivity contribution in [2.75, 3.05) is 5.32 Å². The maximum absolute atomic E-state index is 12.6. The molecule has 0 fully saturated rings. The van der Waals surface area contributed by atoms with Gasteiger partial charge in [0.05, 0.1) is 21.2 Å². The standard InChI is InChI=1S/C15H16BrN5O/c1-4-21-13(12(16)9(2)19-21)14(22)18-15-17-10-7-5-6-8-11(10)20(15)3/h5-8H,4H2,1-3H3,(H,17,18,22). The summed E-state index contributed by atoms with van der Waals surface area (Å²) in [7, 11) is 1.88. The summed E-state index contributed by atoms with van der Waals surface area (Å²) in [5.74, 6) is 0.285. The van der Waals surface area contributed by atoms with E-state index in [1.807, 2.05) is 49.7 Å². The third kappa shape index (κ3) is 2.31. The number of carbonyl (C=O) groups is 1. The third-order valence-electron chi connectivity index (χ3n) is 3.58. The second kappa shape index (κ2) is 5.57. The summed E-state index contributed by atoms with van der Waals surface area (Å²) in [5, 5.41) is 7.21. The molecule has 0 radical (unpaired) electrons. The van der Waals surface area contributed by atoms with Crippen LogP contribution in [0.15, 0.2) is 28.7 Å². The molecule has 0 unspecified atom stereocenters. The molecule has 3 rings (SSSR count). The molecule has 0 atom stereocenters. The maximum Gasteiger partial charge on any atom is 0.277 e. The van der Waals surface area contributed by atoms with E-state index >= 15 is 0 Å². The zero-order valence-electron chi connectivity index (χ0n) is 12.6. The number of imidazole rings is 1. The van der Waals surface area contributed by atoms with E-state index in [0.717, 1.165) is 16.7 Å². The van der Waals surface area contributed by atoms with Gasteiger partial charge in [-0.25, -0.2) is 4.98 Å². The van der Waals surface area contributed by atoms with E-state index in [1.54, 1.807) is 4.68 Å². The number of hydrogen-bond donors (Lipinski definition) is 1. The van der Waals surface area contributed by atoms with E-state index in [4.69, 9.17) is 0 Å². The molecule has 0 saturated heterocycles. The van der Waals surface area contributed by atoms with Gasteiger partial charge in [-0.1, -0.05) is 12.1 Å². The molecule has 1 aromatic carbocycles. The van der Waals surface area contributed by atoms with Gasteiger partial charge in [0.1, 0.15) is 5.69 Å². The minimum atomic E-state index is -0.229. The van der Waals surface area contributed by atoms with E-state index in [-0.39, 0.29) is 5.91 Å². The molecule has 0 aliphatic rings. The van der Waals surface area contributed by atoms with Crippen LogP contribution in [0.25, 0.3) is 11.0 Å². The van der Waals surface area contributed by atoms with Crippen LogP contribution in [0, 0.1) is 6.92 Å². The number of rotatable bonds is 3. The van der Waals surface area contributed by atoms with Gasteiger partial charge < -0.3 is 4.57 Å². The number of nitrogens with one attached hydrogen (secondary N) is 1. The normalized spacial score (nSPS) is 11.1. The summed E-state index contributed by atoms with van der Waals surface area (Å²) in [4.78, 5) is 17.1. The van der Waals surface area contributed by atoms with E-state index in [0.29, 0.717) is 22.7 Å². The Bertz CT molecular complexity index is 864. The van der Waals surface area contributed by atoms with Crippen molar-refractivity contribution in [3.63, 3.8) is 0 Å². The van der Waals surface area contributed by atoms with Crippen LogP contribution in [-0.2, 0) is 13.6 Å². The first-order chi connectivity index (χ1) is 10.5. The van der Waals surface area contributed by atoms with Crippen molar-refractivity contribution in [2.45, 2.75) is 20.4 Å². The van der Waals surface area contributed by atoms with Crippen LogP contribution in [0.1, 0.15) is 23.1 Å². The SMILES string of the molecule is CCn1nc(C)c(Br)c1C(=O)Nc1nc2ccccc2n1C. The second-order valence-corrected chi connectivity index (χ2v) is 5.79. The summed E-state index contributed by atoms with van der Waals surface area (Å²) >= 11 is 3.44. The predicted octanol–water partition coefficient (Wildman–Crippen LogP) is 3.11. The zero-order valence-corrected chi connectivity index (χ0v) is 14.2. The Morgan fingerprint density at radius 3 is 2.77 bits per heavy atom. The number of hydrogen-bond acceptors (Lipinski definition) is 3. The van der Waals surface area contributed by atoms with Gasteiger partial charge in [-0.05, 0) is 41.9 Å². The molecule has 0 spiro atoms. The molecule has 1 amide bonds.